The van der Waals surface area contributed by atoms with Crippen LogP contribution in [0.4, 0.5) is 0 Å². The maximum Gasteiger partial charge on any atom is 0.187 e. The molecule has 0 bridgehead atoms. The predicted octanol–water partition coefficient (Wildman–Crippen LogP) is 9.89. The lowest BCUT2D eigenvalue weighted by atomic mass is 9.71. The fourth-order valence-electron chi connectivity index (χ4n) is 4.42. The summed E-state index contributed by atoms with van der Waals surface area (Å²) >= 11 is 0. The van der Waals surface area contributed by atoms with Crippen LogP contribution in [-0.2, 0) is 4.79 Å². The third kappa shape index (κ3) is 16.0. The predicted molar refractivity (Wildman–Crippen MR) is 187 cm³/mol. The summed E-state index contributed by atoms with van der Waals surface area (Å²) in [5, 5.41) is 19.8. The number of hydrogen-bond acceptors (Lipinski definition) is 3. The van der Waals surface area contributed by atoms with E-state index in [2.05, 4.69) is 83.2 Å². The van der Waals surface area contributed by atoms with Crippen molar-refractivity contribution in [1.82, 2.24) is 0 Å². The number of allylic oxidation sites excluding steroid dienone is 22. The molecule has 1 atom stereocenters. The molecule has 232 valence electrons. The van der Waals surface area contributed by atoms with Crippen LogP contribution in [0, 0.1) is 5.41 Å². The second kappa shape index (κ2) is 18.2. The average Bonchev–Trinajstić information content (AvgIpc) is 2.88. The molecule has 0 heterocycles. The highest BCUT2D eigenvalue weighted by Crippen LogP contribution is 2.39. The smallest absolute Gasteiger partial charge is 0.187 e. The van der Waals surface area contributed by atoms with Gasteiger partial charge in [-0.2, -0.15) is 0 Å². The van der Waals surface area contributed by atoms with Gasteiger partial charge in [0.1, 0.15) is 6.10 Å². The summed E-state index contributed by atoms with van der Waals surface area (Å²) < 4.78 is 0. The fraction of sp³-hybridized carbons (Fsp3) is 0.375. The molecule has 0 aromatic carbocycles. The van der Waals surface area contributed by atoms with Crippen LogP contribution >= 0.6 is 0 Å². The molecule has 0 aliphatic heterocycles. The number of hydrogen-bond donors (Lipinski definition) is 2. The summed E-state index contributed by atoms with van der Waals surface area (Å²) in [7, 11) is 0. The number of aliphatic hydroxyl groups excluding tert-OH is 1. The van der Waals surface area contributed by atoms with E-state index < -0.39 is 11.7 Å². The van der Waals surface area contributed by atoms with E-state index in [4.69, 9.17) is 0 Å². The molecular weight excluding hydrogens is 528 g/mol. The Bertz CT molecular complexity index is 1330. The van der Waals surface area contributed by atoms with Gasteiger partial charge in [0.15, 0.2) is 5.78 Å². The van der Waals surface area contributed by atoms with Crippen LogP contribution in [0.3, 0.4) is 0 Å². The van der Waals surface area contributed by atoms with Crippen molar-refractivity contribution in [2.24, 2.45) is 5.41 Å². The summed E-state index contributed by atoms with van der Waals surface area (Å²) in [5.74, 6) is -0.168. The Morgan fingerprint density at radius 2 is 1.14 bits per heavy atom. The zero-order chi connectivity index (χ0) is 32.6. The van der Waals surface area contributed by atoms with Gasteiger partial charge in [-0.05, 0) is 84.8 Å². The summed E-state index contributed by atoms with van der Waals surface area (Å²) in [4.78, 5) is 12.2. The first-order valence-corrected chi connectivity index (χ1v) is 15.1. The molecule has 0 radical (unpaired) electrons. The Morgan fingerprint density at radius 3 is 1.58 bits per heavy atom. The van der Waals surface area contributed by atoms with Gasteiger partial charge >= 0.3 is 0 Å². The van der Waals surface area contributed by atoms with Crippen LogP contribution in [-0.4, -0.2) is 27.7 Å². The van der Waals surface area contributed by atoms with E-state index in [1.165, 1.54) is 0 Å². The molecule has 2 N–H and O–H groups in total. The van der Waals surface area contributed by atoms with E-state index in [1.54, 1.807) is 6.92 Å². The molecule has 1 aliphatic carbocycles. The Kier molecular flexibility index (Phi) is 15.9. The summed E-state index contributed by atoms with van der Waals surface area (Å²) in [5.41, 5.74) is 6.42. The van der Waals surface area contributed by atoms with Crippen LogP contribution in [0.2, 0.25) is 0 Å². The van der Waals surface area contributed by atoms with Crippen molar-refractivity contribution >= 4 is 5.78 Å². The first-order chi connectivity index (χ1) is 20.0. The van der Waals surface area contributed by atoms with Crippen LogP contribution in [0.5, 0.6) is 0 Å². The van der Waals surface area contributed by atoms with Crippen molar-refractivity contribution < 1.29 is 15.0 Å². The van der Waals surface area contributed by atoms with Gasteiger partial charge in [-0.15, -0.1) is 0 Å². The monoisotopic (exact) mass is 582 g/mol. The molecule has 1 rings (SSSR count). The Hall–Kier alpha value is -3.53. The van der Waals surface area contributed by atoms with E-state index in [9.17, 15) is 15.0 Å². The highest BCUT2D eigenvalue weighted by atomic mass is 16.3. The molecule has 3 nitrogen and oxygen atoms in total. The third-order valence-corrected chi connectivity index (χ3v) is 7.00. The molecule has 0 saturated heterocycles. The molecule has 3 heteroatoms. The minimum Gasteiger partial charge on any atom is -0.390 e. The lowest BCUT2D eigenvalue weighted by molar-refractivity contribution is -0.125. The quantitative estimate of drug-likeness (QED) is 0.213. The Labute approximate surface area is 261 Å². The highest BCUT2D eigenvalue weighted by molar-refractivity contribution is 6.00. The molecule has 43 heavy (non-hydrogen) atoms. The summed E-state index contributed by atoms with van der Waals surface area (Å²) in [6.45, 7) is 19.9. The van der Waals surface area contributed by atoms with Gasteiger partial charge in [-0.3, -0.25) is 4.79 Å². The highest BCUT2D eigenvalue weighted by Gasteiger charge is 2.36. The van der Waals surface area contributed by atoms with Crippen molar-refractivity contribution in [3.8, 4) is 0 Å². The van der Waals surface area contributed by atoms with Crippen molar-refractivity contribution in [2.75, 3.05) is 0 Å². The van der Waals surface area contributed by atoms with E-state index >= 15 is 0 Å². The third-order valence-electron chi connectivity index (χ3n) is 7.00. The van der Waals surface area contributed by atoms with Crippen molar-refractivity contribution in [3.05, 3.63) is 142 Å². The molecule has 0 saturated carbocycles. The first-order valence-electron chi connectivity index (χ1n) is 15.1. The topological polar surface area (TPSA) is 57.5 Å². The maximum atomic E-state index is 12.2. The standard InChI is InChI=1S/C40H54O3/c1-30(19-13-21-32(3)22-14-23-33(4)25-16-28-40(9,10)43)17-11-12-18-31(2)20-15-24-34(5)26-27-36-35(6)38(42)37(41)29-39(36,7)8/h11-27,37,41,43H,28-29H2,1-10H3/b12-11+,19-13+,20-15+,22-14+,25-16+,27-26+,30-17+,31-18+,32-21+,33-23+,34-24+/t37-/m0/s1. The van der Waals surface area contributed by atoms with Gasteiger partial charge in [-0.1, -0.05) is 145 Å². The molecule has 0 spiro atoms. The minimum absolute atomic E-state index is 0.168. The summed E-state index contributed by atoms with van der Waals surface area (Å²) in [6.07, 6.45) is 35.0. The van der Waals surface area contributed by atoms with Crippen LogP contribution in [0.25, 0.3) is 0 Å². The van der Waals surface area contributed by atoms with Crippen LogP contribution < -0.4 is 0 Å². The number of rotatable bonds is 13. The molecule has 0 fully saturated rings. The maximum absolute atomic E-state index is 12.2. The number of aliphatic hydroxyl groups is 2. The Morgan fingerprint density at radius 1 is 0.744 bits per heavy atom. The Balaban J connectivity index is 2.65. The SMILES string of the molecule is CC1=C(/C=C/C(C)=C/C=C/C(C)=C/C=C/C=C(C)/C=C/C=C(C)/C=C/C=C(C)/C=C/CC(C)(C)O)C(C)(C)C[C@H](O)C1=O. The number of carbonyl (C=O) groups is 1. The van der Waals surface area contributed by atoms with Crippen molar-refractivity contribution in [2.45, 2.75) is 93.8 Å². The molecule has 0 unspecified atom stereocenters. The molecule has 1 aliphatic rings. The van der Waals surface area contributed by atoms with E-state index in [1.807, 2.05) is 82.4 Å². The second-order valence-electron chi connectivity index (χ2n) is 12.8. The fourth-order valence-corrected chi connectivity index (χ4v) is 4.42. The average molecular weight is 583 g/mol. The van der Waals surface area contributed by atoms with Gasteiger partial charge in [-0.25, -0.2) is 0 Å². The molecular formula is C40H54O3. The van der Waals surface area contributed by atoms with Gasteiger partial charge in [0.05, 0.1) is 5.60 Å². The first kappa shape index (κ1) is 37.5. The number of Topliss-reactive ketones (excluding diaryl/α,β-unsaturated/α-hetero) is 1. The van der Waals surface area contributed by atoms with Crippen LogP contribution in [0.1, 0.15) is 82.1 Å². The number of ketones is 1. The second-order valence-corrected chi connectivity index (χ2v) is 12.8. The number of carbonyl (C=O) groups excluding carboxylic acids is 1. The molecule has 0 amide bonds. The van der Waals surface area contributed by atoms with Gasteiger partial charge in [0, 0.05) is 0 Å². The molecule has 0 aromatic rings. The van der Waals surface area contributed by atoms with Gasteiger partial charge in [0.25, 0.3) is 0 Å². The lowest BCUT2D eigenvalue weighted by Gasteiger charge is -2.34. The normalized spacial score (nSPS) is 20.6. The van der Waals surface area contributed by atoms with E-state index in [0.29, 0.717) is 18.4 Å². The van der Waals surface area contributed by atoms with Gasteiger partial charge < -0.3 is 10.2 Å². The zero-order valence-corrected chi connectivity index (χ0v) is 28.1. The largest absolute Gasteiger partial charge is 0.390 e. The van der Waals surface area contributed by atoms with Crippen molar-refractivity contribution in [1.29, 1.82) is 0 Å². The van der Waals surface area contributed by atoms with Gasteiger partial charge in [0.2, 0.25) is 0 Å². The lowest BCUT2D eigenvalue weighted by Crippen LogP contribution is -2.35. The van der Waals surface area contributed by atoms with Crippen molar-refractivity contribution in [3.63, 3.8) is 0 Å². The van der Waals surface area contributed by atoms with Crippen LogP contribution in [0.15, 0.2) is 142 Å². The van der Waals surface area contributed by atoms with E-state index in [-0.39, 0.29) is 11.2 Å². The van der Waals surface area contributed by atoms with E-state index in [0.717, 1.165) is 33.4 Å². The summed E-state index contributed by atoms with van der Waals surface area (Å²) in [6, 6.07) is 0. The minimum atomic E-state index is -0.899. The zero-order valence-electron chi connectivity index (χ0n) is 28.1. The molecule has 0 aromatic heterocycles.